The highest BCUT2D eigenvalue weighted by molar-refractivity contribution is 7.80. The molecular formula is C16H16N2O3S. The molecule has 1 amide bonds. The molecule has 3 N–H and O–H groups in total. The average Bonchev–Trinajstić information content (AvgIpc) is 3.00. The summed E-state index contributed by atoms with van der Waals surface area (Å²) in [4.78, 5) is 11.7. The first-order chi connectivity index (χ1) is 10.6. The molecule has 0 atom stereocenters. The minimum Gasteiger partial charge on any atom is -0.506 e. The van der Waals surface area contributed by atoms with Gasteiger partial charge in [-0.3, -0.25) is 10.1 Å². The highest BCUT2D eigenvalue weighted by Gasteiger charge is 2.06. The van der Waals surface area contributed by atoms with E-state index in [1.807, 2.05) is 13.0 Å². The Balaban J connectivity index is 1.94. The molecular weight excluding hydrogens is 300 g/mol. The van der Waals surface area contributed by atoms with Crippen molar-refractivity contribution >= 4 is 35.0 Å². The van der Waals surface area contributed by atoms with Crippen LogP contribution >= 0.6 is 12.2 Å². The van der Waals surface area contributed by atoms with Gasteiger partial charge in [-0.25, -0.2) is 0 Å². The SMILES string of the molecule is CCc1ccc(O)c(NC(=S)NC(=O)/C=C\c2ccco2)c1. The number of rotatable bonds is 4. The topological polar surface area (TPSA) is 74.5 Å². The van der Waals surface area contributed by atoms with Gasteiger partial charge < -0.3 is 14.8 Å². The standard InChI is InChI=1S/C16H16N2O3S/c1-2-11-5-7-14(19)13(10-11)17-16(22)18-15(20)8-6-12-4-3-9-21-12/h3-10,19H,2H2,1H3,(H2,17,18,20,22)/b8-6-. The fourth-order valence-electron chi connectivity index (χ4n) is 1.75. The van der Waals surface area contributed by atoms with Crippen molar-refractivity contribution in [2.24, 2.45) is 0 Å². The van der Waals surface area contributed by atoms with Crippen LogP contribution < -0.4 is 10.6 Å². The molecule has 2 rings (SSSR count). The van der Waals surface area contributed by atoms with Gasteiger partial charge in [-0.2, -0.15) is 0 Å². The van der Waals surface area contributed by atoms with E-state index in [-0.39, 0.29) is 16.8 Å². The van der Waals surface area contributed by atoms with E-state index in [1.54, 1.807) is 24.3 Å². The molecule has 0 bridgehead atoms. The second-order valence-corrected chi connectivity index (χ2v) is 4.91. The molecule has 0 aliphatic rings. The summed E-state index contributed by atoms with van der Waals surface area (Å²) in [5, 5.41) is 15.2. The molecule has 0 saturated carbocycles. The van der Waals surface area contributed by atoms with Gasteiger partial charge in [0.1, 0.15) is 11.5 Å². The zero-order chi connectivity index (χ0) is 15.9. The van der Waals surface area contributed by atoms with Crippen LogP contribution in [-0.2, 0) is 11.2 Å². The molecule has 0 aliphatic carbocycles. The molecule has 22 heavy (non-hydrogen) atoms. The molecule has 0 saturated heterocycles. The van der Waals surface area contributed by atoms with Crippen molar-refractivity contribution < 1.29 is 14.3 Å². The molecule has 0 spiro atoms. The highest BCUT2D eigenvalue weighted by Crippen LogP contribution is 2.24. The van der Waals surface area contributed by atoms with E-state index in [9.17, 15) is 9.90 Å². The Morgan fingerprint density at radius 2 is 2.23 bits per heavy atom. The van der Waals surface area contributed by atoms with Gasteiger partial charge in [-0.05, 0) is 54.5 Å². The van der Waals surface area contributed by atoms with Crippen molar-refractivity contribution in [3.05, 3.63) is 54.0 Å². The summed E-state index contributed by atoms with van der Waals surface area (Å²) >= 11 is 5.05. The molecule has 0 unspecified atom stereocenters. The number of thiocarbonyl (C=S) groups is 1. The second-order valence-electron chi connectivity index (χ2n) is 4.50. The number of nitrogens with one attached hydrogen (secondary N) is 2. The summed E-state index contributed by atoms with van der Waals surface area (Å²) in [7, 11) is 0. The molecule has 114 valence electrons. The monoisotopic (exact) mass is 316 g/mol. The quantitative estimate of drug-likeness (QED) is 0.459. The lowest BCUT2D eigenvalue weighted by atomic mass is 10.1. The van der Waals surface area contributed by atoms with Gasteiger partial charge in [-0.15, -0.1) is 0 Å². The number of carbonyl (C=O) groups excluding carboxylic acids is 1. The Kier molecular flexibility index (Phi) is 5.32. The van der Waals surface area contributed by atoms with Crippen LogP contribution in [0, 0.1) is 0 Å². The van der Waals surface area contributed by atoms with Crippen LogP contribution in [0.15, 0.2) is 47.1 Å². The predicted octanol–water partition coefficient (Wildman–Crippen LogP) is 3.07. The predicted molar refractivity (Wildman–Crippen MR) is 89.6 cm³/mol. The fraction of sp³-hybridized carbons (Fsp3) is 0.125. The van der Waals surface area contributed by atoms with Crippen molar-refractivity contribution in [2.45, 2.75) is 13.3 Å². The highest BCUT2D eigenvalue weighted by atomic mass is 32.1. The maximum Gasteiger partial charge on any atom is 0.250 e. The number of anilines is 1. The van der Waals surface area contributed by atoms with Crippen LogP contribution in [0.2, 0.25) is 0 Å². The van der Waals surface area contributed by atoms with E-state index >= 15 is 0 Å². The fourth-order valence-corrected chi connectivity index (χ4v) is 1.96. The number of benzene rings is 1. The minimum atomic E-state index is -0.389. The second kappa shape index (κ2) is 7.42. The lowest BCUT2D eigenvalue weighted by Gasteiger charge is -2.11. The zero-order valence-electron chi connectivity index (χ0n) is 12.0. The molecule has 2 aromatic rings. The first-order valence-corrected chi connectivity index (χ1v) is 7.14. The summed E-state index contributed by atoms with van der Waals surface area (Å²) in [5.74, 6) is 0.252. The van der Waals surface area contributed by atoms with Gasteiger partial charge in [0.25, 0.3) is 0 Å². The summed E-state index contributed by atoms with van der Waals surface area (Å²) < 4.78 is 5.08. The van der Waals surface area contributed by atoms with Gasteiger partial charge in [-0.1, -0.05) is 13.0 Å². The molecule has 0 fully saturated rings. The van der Waals surface area contributed by atoms with E-state index in [1.165, 1.54) is 18.4 Å². The van der Waals surface area contributed by atoms with Crippen LogP contribution in [0.25, 0.3) is 6.08 Å². The minimum absolute atomic E-state index is 0.0694. The van der Waals surface area contributed by atoms with E-state index in [2.05, 4.69) is 10.6 Å². The number of amides is 1. The third-order valence-corrected chi connectivity index (χ3v) is 3.10. The van der Waals surface area contributed by atoms with Crippen LogP contribution in [0.1, 0.15) is 18.2 Å². The lowest BCUT2D eigenvalue weighted by Crippen LogP contribution is -2.32. The third kappa shape index (κ3) is 4.46. The molecule has 5 nitrogen and oxygen atoms in total. The van der Waals surface area contributed by atoms with Gasteiger partial charge in [0.15, 0.2) is 5.11 Å². The Labute approximate surface area is 133 Å². The van der Waals surface area contributed by atoms with Gasteiger partial charge in [0, 0.05) is 6.08 Å². The van der Waals surface area contributed by atoms with Gasteiger partial charge in [0.05, 0.1) is 12.0 Å². The molecule has 0 radical (unpaired) electrons. The molecule has 0 aliphatic heterocycles. The van der Waals surface area contributed by atoms with Gasteiger partial charge in [0.2, 0.25) is 5.91 Å². The van der Waals surface area contributed by atoms with Crippen molar-refractivity contribution in [1.29, 1.82) is 0 Å². The Morgan fingerprint density at radius 3 is 2.91 bits per heavy atom. The van der Waals surface area contributed by atoms with Crippen molar-refractivity contribution in [3.8, 4) is 5.75 Å². The number of phenols is 1. The van der Waals surface area contributed by atoms with Crippen LogP contribution in [0.4, 0.5) is 5.69 Å². The van der Waals surface area contributed by atoms with Crippen LogP contribution in [0.3, 0.4) is 0 Å². The lowest BCUT2D eigenvalue weighted by molar-refractivity contribution is -0.115. The first-order valence-electron chi connectivity index (χ1n) is 6.74. The van der Waals surface area contributed by atoms with E-state index < -0.39 is 0 Å². The molecule has 1 aromatic heterocycles. The van der Waals surface area contributed by atoms with Gasteiger partial charge >= 0.3 is 0 Å². The maximum absolute atomic E-state index is 11.7. The summed E-state index contributed by atoms with van der Waals surface area (Å²) in [5.41, 5.74) is 1.51. The summed E-state index contributed by atoms with van der Waals surface area (Å²) in [6.45, 7) is 2.01. The first kappa shape index (κ1) is 15.8. The molecule has 1 aromatic carbocycles. The number of phenolic OH excluding ortho intramolecular Hbond substituents is 1. The van der Waals surface area contributed by atoms with E-state index in [0.717, 1.165) is 12.0 Å². The number of furan rings is 1. The number of carbonyl (C=O) groups is 1. The Hall–Kier alpha value is -2.60. The van der Waals surface area contributed by atoms with Crippen molar-refractivity contribution in [1.82, 2.24) is 5.32 Å². The maximum atomic E-state index is 11.7. The molecule has 6 heteroatoms. The largest absolute Gasteiger partial charge is 0.506 e. The zero-order valence-corrected chi connectivity index (χ0v) is 12.8. The smallest absolute Gasteiger partial charge is 0.250 e. The summed E-state index contributed by atoms with van der Waals surface area (Å²) in [6.07, 6.45) is 5.20. The number of aryl methyl sites for hydroxylation is 1. The summed E-state index contributed by atoms with van der Waals surface area (Å²) in [6, 6.07) is 8.66. The normalized spacial score (nSPS) is 10.6. The Morgan fingerprint density at radius 1 is 1.41 bits per heavy atom. The average molecular weight is 316 g/mol. The number of hydrogen-bond acceptors (Lipinski definition) is 4. The van der Waals surface area contributed by atoms with Crippen LogP contribution in [0.5, 0.6) is 5.75 Å². The number of aromatic hydroxyl groups is 1. The Bertz CT molecular complexity index is 693. The van der Waals surface area contributed by atoms with Crippen molar-refractivity contribution in [2.75, 3.05) is 5.32 Å². The van der Waals surface area contributed by atoms with Crippen molar-refractivity contribution in [3.63, 3.8) is 0 Å². The van der Waals surface area contributed by atoms with E-state index in [0.29, 0.717) is 11.4 Å². The van der Waals surface area contributed by atoms with Crippen LogP contribution in [-0.4, -0.2) is 16.1 Å². The number of hydrogen-bond donors (Lipinski definition) is 3. The molecule has 1 heterocycles. The van der Waals surface area contributed by atoms with E-state index in [4.69, 9.17) is 16.6 Å². The third-order valence-electron chi connectivity index (χ3n) is 2.90.